The Bertz CT molecular complexity index is 479. The number of rotatable bonds is 5. The lowest BCUT2D eigenvalue weighted by Crippen LogP contribution is -2.38. The monoisotopic (exact) mass is 271 g/mol. The SMILES string of the molecule is Cc1ccc(C)c(CC2(CNC(C)C)CC3CC3C2)c1. The van der Waals surface area contributed by atoms with Crippen LogP contribution in [0.4, 0.5) is 0 Å². The van der Waals surface area contributed by atoms with Gasteiger partial charge in [-0.2, -0.15) is 0 Å². The second-order valence-electron chi connectivity index (χ2n) is 7.81. The van der Waals surface area contributed by atoms with Crippen LogP contribution in [0.2, 0.25) is 0 Å². The first-order valence-electron chi connectivity index (χ1n) is 8.27. The van der Waals surface area contributed by atoms with Gasteiger partial charge in [-0.3, -0.25) is 0 Å². The lowest BCUT2D eigenvalue weighted by atomic mass is 9.76. The average molecular weight is 271 g/mol. The van der Waals surface area contributed by atoms with E-state index < -0.39 is 0 Å². The second kappa shape index (κ2) is 5.18. The maximum Gasteiger partial charge on any atom is 0.00136 e. The third-order valence-corrected chi connectivity index (χ3v) is 5.41. The van der Waals surface area contributed by atoms with E-state index in [1.807, 2.05) is 0 Å². The fourth-order valence-corrected chi connectivity index (χ4v) is 4.17. The number of aryl methyl sites for hydroxylation is 2. The zero-order valence-corrected chi connectivity index (χ0v) is 13.5. The van der Waals surface area contributed by atoms with E-state index in [-0.39, 0.29) is 0 Å². The van der Waals surface area contributed by atoms with Crippen molar-refractivity contribution >= 4 is 0 Å². The molecule has 2 saturated carbocycles. The van der Waals surface area contributed by atoms with E-state index in [0.717, 1.165) is 11.8 Å². The van der Waals surface area contributed by atoms with Gasteiger partial charge in [0, 0.05) is 12.6 Å². The highest BCUT2D eigenvalue weighted by Gasteiger charge is 2.53. The van der Waals surface area contributed by atoms with Gasteiger partial charge < -0.3 is 5.32 Å². The molecule has 110 valence electrons. The van der Waals surface area contributed by atoms with Crippen LogP contribution in [-0.2, 0) is 6.42 Å². The smallest absolute Gasteiger partial charge is 0.00136 e. The van der Waals surface area contributed by atoms with Crippen molar-refractivity contribution in [2.75, 3.05) is 6.54 Å². The third kappa shape index (κ3) is 2.93. The molecule has 0 radical (unpaired) electrons. The molecule has 20 heavy (non-hydrogen) atoms. The van der Waals surface area contributed by atoms with Crippen LogP contribution in [0.5, 0.6) is 0 Å². The van der Waals surface area contributed by atoms with Gasteiger partial charge in [0.2, 0.25) is 0 Å². The number of hydrogen-bond acceptors (Lipinski definition) is 1. The topological polar surface area (TPSA) is 12.0 Å². The van der Waals surface area contributed by atoms with E-state index in [0.29, 0.717) is 11.5 Å². The van der Waals surface area contributed by atoms with E-state index in [1.54, 1.807) is 5.56 Å². The Balaban J connectivity index is 1.77. The quantitative estimate of drug-likeness (QED) is 0.843. The van der Waals surface area contributed by atoms with E-state index in [4.69, 9.17) is 0 Å². The average Bonchev–Trinajstić information content (AvgIpc) is 3.00. The zero-order chi connectivity index (χ0) is 14.3. The normalized spacial score (nSPS) is 31.6. The first kappa shape index (κ1) is 14.1. The van der Waals surface area contributed by atoms with Crippen LogP contribution in [0, 0.1) is 31.1 Å². The Hall–Kier alpha value is -0.820. The highest BCUT2D eigenvalue weighted by molar-refractivity contribution is 5.32. The highest BCUT2D eigenvalue weighted by atomic mass is 14.9. The lowest BCUT2D eigenvalue weighted by molar-refractivity contribution is 0.241. The molecule has 1 N–H and O–H groups in total. The van der Waals surface area contributed by atoms with Gasteiger partial charge in [0.15, 0.2) is 0 Å². The minimum absolute atomic E-state index is 0.524. The van der Waals surface area contributed by atoms with Crippen molar-refractivity contribution in [3.05, 3.63) is 34.9 Å². The van der Waals surface area contributed by atoms with Gasteiger partial charge >= 0.3 is 0 Å². The first-order valence-corrected chi connectivity index (χ1v) is 8.27. The second-order valence-corrected chi connectivity index (χ2v) is 7.81. The predicted octanol–water partition coefficient (Wildman–Crippen LogP) is 4.26. The van der Waals surface area contributed by atoms with E-state index in [9.17, 15) is 0 Å². The minimum atomic E-state index is 0.524. The lowest BCUT2D eigenvalue weighted by Gasteiger charge is -2.33. The van der Waals surface area contributed by atoms with Crippen molar-refractivity contribution in [1.29, 1.82) is 0 Å². The maximum absolute atomic E-state index is 3.72. The third-order valence-electron chi connectivity index (χ3n) is 5.41. The Morgan fingerprint density at radius 3 is 2.55 bits per heavy atom. The van der Waals surface area contributed by atoms with Crippen molar-refractivity contribution in [2.24, 2.45) is 17.3 Å². The molecule has 3 rings (SSSR count). The Morgan fingerprint density at radius 1 is 1.20 bits per heavy atom. The van der Waals surface area contributed by atoms with Crippen LogP contribution >= 0.6 is 0 Å². The molecular formula is C19H29N. The van der Waals surface area contributed by atoms with Gasteiger partial charge in [0.25, 0.3) is 0 Å². The molecule has 0 saturated heterocycles. The van der Waals surface area contributed by atoms with Crippen LogP contribution in [0.25, 0.3) is 0 Å². The van der Waals surface area contributed by atoms with Gasteiger partial charge in [-0.1, -0.05) is 37.6 Å². The molecule has 1 nitrogen and oxygen atoms in total. The fraction of sp³-hybridized carbons (Fsp3) is 0.684. The number of fused-ring (bicyclic) bond motifs is 1. The van der Waals surface area contributed by atoms with Crippen LogP contribution < -0.4 is 5.32 Å². The summed E-state index contributed by atoms with van der Waals surface area (Å²) in [6.45, 7) is 10.2. The Labute approximate surface area is 124 Å². The molecular weight excluding hydrogens is 242 g/mol. The Kier molecular flexibility index (Phi) is 3.66. The van der Waals surface area contributed by atoms with Crippen LogP contribution in [0.1, 0.15) is 49.8 Å². The molecule has 2 aliphatic rings. The standard InChI is InChI=1S/C19H29N/c1-13(2)20-12-19(10-17-8-18(17)11-19)9-16-7-14(3)5-6-15(16)4/h5-7,13,17-18,20H,8-12H2,1-4H3. The molecule has 0 heterocycles. The van der Waals surface area contributed by atoms with Gasteiger partial charge in [0.1, 0.15) is 0 Å². The van der Waals surface area contributed by atoms with Crippen molar-refractivity contribution in [3.63, 3.8) is 0 Å². The molecule has 0 aliphatic heterocycles. The van der Waals surface area contributed by atoms with Crippen LogP contribution in [-0.4, -0.2) is 12.6 Å². The van der Waals surface area contributed by atoms with Crippen molar-refractivity contribution in [1.82, 2.24) is 5.32 Å². The van der Waals surface area contributed by atoms with Crippen LogP contribution in [0.3, 0.4) is 0 Å². The molecule has 0 amide bonds. The minimum Gasteiger partial charge on any atom is -0.314 e. The largest absolute Gasteiger partial charge is 0.314 e. The van der Waals surface area contributed by atoms with E-state index >= 15 is 0 Å². The maximum atomic E-state index is 3.72. The summed E-state index contributed by atoms with van der Waals surface area (Å²) in [5.74, 6) is 2.10. The molecule has 2 unspecified atom stereocenters. The summed E-state index contributed by atoms with van der Waals surface area (Å²) in [6.07, 6.45) is 5.68. The van der Waals surface area contributed by atoms with Crippen molar-refractivity contribution in [2.45, 2.75) is 59.4 Å². The molecule has 1 aromatic rings. The van der Waals surface area contributed by atoms with E-state index in [1.165, 1.54) is 43.4 Å². The molecule has 2 fully saturated rings. The molecule has 0 bridgehead atoms. The van der Waals surface area contributed by atoms with Gasteiger partial charge in [-0.25, -0.2) is 0 Å². The molecule has 1 heteroatoms. The summed E-state index contributed by atoms with van der Waals surface area (Å²) >= 11 is 0. The van der Waals surface area contributed by atoms with E-state index in [2.05, 4.69) is 51.2 Å². The zero-order valence-electron chi connectivity index (χ0n) is 13.5. The number of hydrogen-bond donors (Lipinski definition) is 1. The van der Waals surface area contributed by atoms with Crippen molar-refractivity contribution < 1.29 is 0 Å². The summed E-state index contributed by atoms with van der Waals surface area (Å²) < 4.78 is 0. The molecule has 2 aliphatic carbocycles. The molecule has 0 spiro atoms. The fourth-order valence-electron chi connectivity index (χ4n) is 4.17. The molecule has 1 aromatic carbocycles. The summed E-state index contributed by atoms with van der Waals surface area (Å²) in [5.41, 5.74) is 4.98. The van der Waals surface area contributed by atoms with Crippen LogP contribution in [0.15, 0.2) is 18.2 Å². The van der Waals surface area contributed by atoms with Crippen molar-refractivity contribution in [3.8, 4) is 0 Å². The van der Waals surface area contributed by atoms with Gasteiger partial charge in [-0.05, 0) is 67.9 Å². The van der Waals surface area contributed by atoms with Gasteiger partial charge in [-0.15, -0.1) is 0 Å². The molecule has 2 atom stereocenters. The summed E-state index contributed by atoms with van der Waals surface area (Å²) in [4.78, 5) is 0. The Morgan fingerprint density at radius 2 is 1.90 bits per heavy atom. The summed E-state index contributed by atoms with van der Waals surface area (Å²) in [7, 11) is 0. The highest BCUT2D eigenvalue weighted by Crippen LogP contribution is 2.60. The first-order chi connectivity index (χ1) is 9.47. The molecule has 0 aromatic heterocycles. The number of benzene rings is 1. The predicted molar refractivity (Wildman–Crippen MR) is 86.0 cm³/mol. The summed E-state index contributed by atoms with van der Waals surface area (Å²) in [6, 6.07) is 7.55. The van der Waals surface area contributed by atoms with Gasteiger partial charge in [0.05, 0.1) is 0 Å². The summed E-state index contributed by atoms with van der Waals surface area (Å²) in [5, 5.41) is 3.72. The number of nitrogens with one attached hydrogen (secondary N) is 1.